The average molecular weight is 273 g/mol. The van der Waals surface area contributed by atoms with Crippen LogP contribution in [0.15, 0.2) is 6.07 Å². The number of methoxy groups -OCH3 is 2. The number of hydrogen-bond donors (Lipinski definition) is 1. The van der Waals surface area contributed by atoms with Gasteiger partial charge >= 0.3 is 5.97 Å². The van der Waals surface area contributed by atoms with E-state index in [1.807, 2.05) is 6.92 Å². The van der Waals surface area contributed by atoms with Crippen LogP contribution in [0.25, 0.3) is 0 Å². The number of hydrogen-bond acceptors (Lipinski definition) is 3. The smallest absolute Gasteiger partial charge is 0.306 e. The van der Waals surface area contributed by atoms with Crippen LogP contribution in [0, 0.1) is 12.8 Å². The molecule has 0 radical (unpaired) electrons. The molecule has 1 aromatic rings. The van der Waals surface area contributed by atoms with Gasteiger partial charge in [-0.15, -0.1) is 0 Å². The Labute approximate surface area is 111 Å². The first-order chi connectivity index (χ1) is 8.42. The zero-order chi connectivity index (χ0) is 13.9. The SMILES string of the molecule is COc1c(CC(C)C(=O)O)cc(Cl)c(C)c1OC. The van der Waals surface area contributed by atoms with E-state index in [4.69, 9.17) is 26.2 Å². The molecular weight excluding hydrogens is 256 g/mol. The fourth-order valence-electron chi connectivity index (χ4n) is 1.79. The Hall–Kier alpha value is -1.42. The first kappa shape index (κ1) is 14.6. The number of aliphatic carboxylic acids is 1. The Morgan fingerprint density at radius 3 is 2.39 bits per heavy atom. The highest BCUT2D eigenvalue weighted by Crippen LogP contribution is 2.39. The monoisotopic (exact) mass is 272 g/mol. The largest absolute Gasteiger partial charge is 0.493 e. The molecule has 1 atom stereocenters. The molecule has 0 aliphatic rings. The van der Waals surface area contributed by atoms with Gasteiger partial charge in [0.05, 0.1) is 20.1 Å². The van der Waals surface area contributed by atoms with Crippen LogP contribution in [0.4, 0.5) is 0 Å². The van der Waals surface area contributed by atoms with Gasteiger partial charge < -0.3 is 14.6 Å². The Morgan fingerprint density at radius 2 is 1.94 bits per heavy atom. The molecule has 0 aliphatic carbocycles. The van der Waals surface area contributed by atoms with Gasteiger partial charge in [0.2, 0.25) is 0 Å². The second-order valence-corrected chi connectivity index (χ2v) is 4.56. The second kappa shape index (κ2) is 5.96. The third kappa shape index (κ3) is 2.88. The lowest BCUT2D eigenvalue weighted by Gasteiger charge is -2.17. The van der Waals surface area contributed by atoms with Gasteiger partial charge in [-0.2, -0.15) is 0 Å². The lowest BCUT2D eigenvalue weighted by Crippen LogP contribution is -2.13. The molecule has 4 nitrogen and oxygen atoms in total. The Morgan fingerprint density at radius 1 is 1.39 bits per heavy atom. The van der Waals surface area contributed by atoms with Crippen LogP contribution < -0.4 is 9.47 Å². The Kier molecular flexibility index (Phi) is 4.84. The predicted octanol–water partition coefficient (Wildman–Crippen LogP) is 2.93. The van der Waals surface area contributed by atoms with E-state index in [9.17, 15) is 4.79 Å². The molecule has 1 rings (SSSR count). The highest BCUT2D eigenvalue weighted by molar-refractivity contribution is 6.31. The summed E-state index contributed by atoms with van der Waals surface area (Å²) < 4.78 is 10.6. The summed E-state index contributed by atoms with van der Waals surface area (Å²) in [7, 11) is 3.06. The van der Waals surface area contributed by atoms with Crippen LogP contribution in [-0.2, 0) is 11.2 Å². The standard InChI is InChI=1S/C13H17ClO4/c1-7(13(15)16)5-9-6-10(14)8(2)11(17-3)12(9)18-4/h6-7H,5H2,1-4H3,(H,15,16). The van der Waals surface area contributed by atoms with E-state index in [0.717, 1.165) is 11.1 Å². The summed E-state index contributed by atoms with van der Waals surface area (Å²) in [6.07, 6.45) is 0.342. The first-order valence-corrected chi connectivity index (χ1v) is 5.92. The number of carboxylic acids is 1. The fraction of sp³-hybridized carbons (Fsp3) is 0.462. The first-order valence-electron chi connectivity index (χ1n) is 5.55. The zero-order valence-electron chi connectivity index (χ0n) is 10.9. The molecule has 1 unspecified atom stereocenters. The minimum absolute atomic E-state index is 0.342. The van der Waals surface area contributed by atoms with Crippen molar-refractivity contribution in [1.82, 2.24) is 0 Å². The van der Waals surface area contributed by atoms with Crippen molar-refractivity contribution >= 4 is 17.6 Å². The maximum atomic E-state index is 10.9. The van der Waals surface area contributed by atoms with Gasteiger partial charge in [-0.05, 0) is 19.4 Å². The van der Waals surface area contributed by atoms with E-state index in [0.29, 0.717) is 22.9 Å². The van der Waals surface area contributed by atoms with Gasteiger partial charge in [-0.3, -0.25) is 4.79 Å². The third-order valence-electron chi connectivity index (χ3n) is 2.85. The van der Waals surface area contributed by atoms with Crippen molar-refractivity contribution in [2.45, 2.75) is 20.3 Å². The summed E-state index contributed by atoms with van der Waals surface area (Å²) >= 11 is 6.11. The molecule has 1 N–H and O–H groups in total. The summed E-state index contributed by atoms with van der Waals surface area (Å²) in [5.41, 5.74) is 1.52. The lowest BCUT2D eigenvalue weighted by molar-refractivity contribution is -0.141. The minimum atomic E-state index is -0.854. The lowest BCUT2D eigenvalue weighted by atomic mass is 9.98. The number of carboxylic acid groups (broad SMARTS) is 1. The van der Waals surface area contributed by atoms with Crippen molar-refractivity contribution in [3.05, 3.63) is 22.2 Å². The van der Waals surface area contributed by atoms with Crippen LogP contribution in [0.1, 0.15) is 18.1 Å². The summed E-state index contributed by atoms with van der Waals surface area (Å²) in [5, 5.41) is 9.49. The van der Waals surface area contributed by atoms with Crippen molar-refractivity contribution in [2.24, 2.45) is 5.92 Å². The van der Waals surface area contributed by atoms with Crippen molar-refractivity contribution in [2.75, 3.05) is 14.2 Å². The number of rotatable bonds is 5. The molecule has 0 amide bonds. The van der Waals surface area contributed by atoms with Crippen LogP contribution >= 0.6 is 11.6 Å². The van der Waals surface area contributed by atoms with Crippen LogP contribution in [0.2, 0.25) is 5.02 Å². The van der Waals surface area contributed by atoms with E-state index in [1.165, 1.54) is 14.2 Å². The molecule has 5 heteroatoms. The molecule has 0 bridgehead atoms. The van der Waals surface area contributed by atoms with Crippen LogP contribution in [0.3, 0.4) is 0 Å². The van der Waals surface area contributed by atoms with E-state index in [1.54, 1.807) is 13.0 Å². The van der Waals surface area contributed by atoms with Crippen molar-refractivity contribution in [3.63, 3.8) is 0 Å². The molecule has 18 heavy (non-hydrogen) atoms. The molecule has 0 saturated carbocycles. The molecular formula is C13H17ClO4. The highest BCUT2D eigenvalue weighted by Gasteiger charge is 2.20. The van der Waals surface area contributed by atoms with Gasteiger partial charge in [0.15, 0.2) is 11.5 Å². The maximum absolute atomic E-state index is 10.9. The van der Waals surface area contributed by atoms with Crippen LogP contribution in [0.5, 0.6) is 11.5 Å². The molecule has 1 aromatic carbocycles. The summed E-state index contributed by atoms with van der Waals surface area (Å²) in [6, 6.07) is 1.73. The molecule has 0 aliphatic heterocycles. The van der Waals surface area contributed by atoms with Gasteiger partial charge in [-0.25, -0.2) is 0 Å². The van der Waals surface area contributed by atoms with Crippen LogP contribution in [-0.4, -0.2) is 25.3 Å². The van der Waals surface area contributed by atoms with E-state index >= 15 is 0 Å². The number of ether oxygens (including phenoxy) is 2. The van der Waals surface area contributed by atoms with Crippen molar-refractivity contribution in [3.8, 4) is 11.5 Å². The third-order valence-corrected chi connectivity index (χ3v) is 3.25. The maximum Gasteiger partial charge on any atom is 0.306 e. The van der Waals surface area contributed by atoms with E-state index in [-0.39, 0.29) is 0 Å². The molecule has 0 spiro atoms. The molecule has 0 heterocycles. The van der Waals surface area contributed by atoms with Crippen molar-refractivity contribution in [1.29, 1.82) is 0 Å². The molecule has 0 fully saturated rings. The zero-order valence-corrected chi connectivity index (χ0v) is 11.7. The van der Waals surface area contributed by atoms with Gasteiger partial charge in [0, 0.05) is 16.1 Å². The van der Waals surface area contributed by atoms with E-state index < -0.39 is 11.9 Å². The summed E-state index contributed by atoms with van der Waals surface area (Å²) in [4.78, 5) is 10.9. The van der Waals surface area contributed by atoms with Gasteiger partial charge in [0.25, 0.3) is 0 Å². The van der Waals surface area contributed by atoms with E-state index in [2.05, 4.69) is 0 Å². The fourth-order valence-corrected chi connectivity index (χ4v) is 2.01. The summed E-state index contributed by atoms with van der Waals surface area (Å²) in [6.45, 7) is 3.47. The highest BCUT2D eigenvalue weighted by atomic mass is 35.5. The van der Waals surface area contributed by atoms with Crippen molar-refractivity contribution < 1.29 is 19.4 Å². The Bertz CT molecular complexity index is 457. The molecule has 0 aromatic heterocycles. The van der Waals surface area contributed by atoms with Gasteiger partial charge in [-0.1, -0.05) is 18.5 Å². The topological polar surface area (TPSA) is 55.8 Å². The van der Waals surface area contributed by atoms with Gasteiger partial charge in [0.1, 0.15) is 0 Å². The molecule has 0 saturated heterocycles. The summed E-state index contributed by atoms with van der Waals surface area (Å²) in [5.74, 6) is -0.264. The normalized spacial score (nSPS) is 12.1. The Balaban J connectivity index is 3.26. The average Bonchev–Trinajstić information content (AvgIpc) is 2.32. The quantitative estimate of drug-likeness (QED) is 0.895. The second-order valence-electron chi connectivity index (χ2n) is 4.15. The number of carbonyl (C=O) groups is 1. The number of halogens is 1. The predicted molar refractivity (Wildman–Crippen MR) is 69.8 cm³/mol. The number of benzene rings is 1. The molecule has 100 valence electrons. The minimum Gasteiger partial charge on any atom is -0.493 e.